The third kappa shape index (κ3) is 2.58. The summed E-state index contributed by atoms with van der Waals surface area (Å²) in [6.45, 7) is 1.66. The molecule has 2 aromatic rings. The Labute approximate surface area is 117 Å². The number of aromatic nitrogens is 1. The highest BCUT2D eigenvalue weighted by Gasteiger charge is 2.15. The van der Waals surface area contributed by atoms with E-state index >= 15 is 0 Å². The van der Waals surface area contributed by atoms with Crippen LogP contribution in [0.5, 0.6) is 0 Å². The zero-order valence-corrected chi connectivity index (χ0v) is 11.5. The Kier molecular flexibility index (Phi) is 3.75. The number of thiazole rings is 1. The van der Waals surface area contributed by atoms with Gasteiger partial charge in [0, 0.05) is 5.69 Å². The van der Waals surface area contributed by atoms with Gasteiger partial charge in [0.05, 0.1) is 15.7 Å². The normalized spacial score (nSPS) is 10.4. The number of aryl methyl sites for hydroxylation is 1. The van der Waals surface area contributed by atoms with E-state index in [0.29, 0.717) is 21.3 Å². The largest absolute Gasteiger partial charge is 0.320 e. The number of rotatable bonds is 2. The Morgan fingerprint density at radius 1 is 1.39 bits per heavy atom. The molecule has 4 nitrogen and oxygen atoms in total. The van der Waals surface area contributed by atoms with Crippen LogP contribution in [0.15, 0.2) is 23.0 Å². The molecule has 0 saturated heterocycles. The Bertz CT molecular complexity index is 663. The number of anilines is 1. The van der Waals surface area contributed by atoms with Crippen molar-refractivity contribution in [1.29, 1.82) is 0 Å². The van der Waals surface area contributed by atoms with E-state index in [2.05, 4.69) is 10.3 Å². The highest BCUT2D eigenvalue weighted by molar-refractivity contribution is 7.11. The lowest BCUT2D eigenvalue weighted by atomic mass is 10.3. The van der Waals surface area contributed by atoms with Gasteiger partial charge in [0.25, 0.3) is 5.91 Å². The van der Waals surface area contributed by atoms with Crippen molar-refractivity contribution in [3.8, 4) is 0 Å². The maximum Gasteiger partial charge on any atom is 0.305 e. The summed E-state index contributed by atoms with van der Waals surface area (Å²) in [6.07, 6.45) is 0. The second-order valence-electron chi connectivity index (χ2n) is 3.52. The molecular weight excluding hydrogens is 295 g/mol. The molecule has 7 heteroatoms. The first kappa shape index (κ1) is 13.1. The maximum absolute atomic E-state index is 12.0. The fraction of sp³-hybridized carbons (Fsp3) is 0.0909. The molecule has 1 aromatic carbocycles. The van der Waals surface area contributed by atoms with E-state index in [1.165, 1.54) is 0 Å². The van der Waals surface area contributed by atoms with Crippen LogP contribution in [0.25, 0.3) is 0 Å². The van der Waals surface area contributed by atoms with Crippen molar-refractivity contribution in [2.45, 2.75) is 6.92 Å². The number of aromatic amines is 1. The fourth-order valence-corrected chi connectivity index (χ4v) is 2.49. The number of halogens is 2. The van der Waals surface area contributed by atoms with E-state index in [0.717, 1.165) is 11.3 Å². The topological polar surface area (TPSA) is 62.0 Å². The SMILES string of the molecule is Cc1[nH]c(=O)sc1C(=O)Nc1cccc(Cl)c1Cl. The van der Waals surface area contributed by atoms with Gasteiger partial charge in [-0.2, -0.15) is 0 Å². The zero-order chi connectivity index (χ0) is 13.3. The van der Waals surface area contributed by atoms with E-state index in [9.17, 15) is 9.59 Å². The van der Waals surface area contributed by atoms with Gasteiger partial charge in [-0.25, -0.2) is 0 Å². The van der Waals surface area contributed by atoms with E-state index in [1.807, 2.05) is 0 Å². The van der Waals surface area contributed by atoms with E-state index in [-0.39, 0.29) is 15.8 Å². The zero-order valence-electron chi connectivity index (χ0n) is 9.21. The molecule has 1 heterocycles. The first-order valence-corrected chi connectivity index (χ1v) is 6.51. The van der Waals surface area contributed by atoms with Gasteiger partial charge < -0.3 is 10.3 Å². The van der Waals surface area contributed by atoms with Crippen LogP contribution < -0.4 is 10.2 Å². The van der Waals surface area contributed by atoms with Crippen molar-refractivity contribution in [1.82, 2.24) is 4.98 Å². The monoisotopic (exact) mass is 302 g/mol. The highest BCUT2D eigenvalue weighted by Crippen LogP contribution is 2.30. The molecule has 2 rings (SSSR count). The summed E-state index contributed by atoms with van der Waals surface area (Å²) in [7, 11) is 0. The molecule has 0 fully saturated rings. The quantitative estimate of drug-likeness (QED) is 0.894. The van der Waals surface area contributed by atoms with Crippen molar-refractivity contribution in [3.63, 3.8) is 0 Å². The summed E-state index contributed by atoms with van der Waals surface area (Å²) in [6, 6.07) is 4.94. The van der Waals surface area contributed by atoms with Crippen LogP contribution in [0.3, 0.4) is 0 Å². The molecule has 0 aliphatic carbocycles. The smallest absolute Gasteiger partial charge is 0.305 e. The van der Waals surface area contributed by atoms with Crippen LogP contribution in [-0.2, 0) is 0 Å². The Morgan fingerprint density at radius 3 is 2.72 bits per heavy atom. The number of carbonyl (C=O) groups excluding carboxylic acids is 1. The first-order chi connectivity index (χ1) is 8.49. The molecule has 0 bridgehead atoms. The molecule has 0 aliphatic rings. The number of benzene rings is 1. The number of H-pyrrole nitrogens is 1. The Morgan fingerprint density at radius 2 is 2.11 bits per heavy atom. The van der Waals surface area contributed by atoms with E-state index in [1.54, 1.807) is 25.1 Å². The van der Waals surface area contributed by atoms with Crippen LogP contribution in [0, 0.1) is 6.92 Å². The van der Waals surface area contributed by atoms with E-state index < -0.39 is 0 Å². The third-order valence-corrected chi connectivity index (χ3v) is 4.03. The number of amides is 1. The molecule has 0 unspecified atom stereocenters. The van der Waals surface area contributed by atoms with Gasteiger partial charge in [-0.15, -0.1) is 0 Å². The number of hydrogen-bond acceptors (Lipinski definition) is 3. The van der Waals surface area contributed by atoms with Crippen LogP contribution >= 0.6 is 34.5 Å². The minimum atomic E-state index is -0.389. The van der Waals surface area contributed by atoms with Crippen LogP contribution in [0.4, 0.5) is 5.69 Å². The average Bonchev–Trinajstić information content (AvgIpc) is 2.64. The summed E-state index contributed by atoms with van der Waals surface area (Å²) in [5.74, 6) is -0.389. The first-order valence-electron chi connectivity index (χ1n) is 4.94. The summed E-state index contributed by atoms with van der Waals surface area (Å²) in [5.41, 5.74) is 0.940. The van der Waals surface area contributed by atoms with Gasteiger partial charge in [0.2, 0.25) is 0 Å². The van der Waals surface area contributed by atoms with Crippen LogP contribution in [0.2, 0.25) is 10.0 Å². The van der Waals surface area contributed by atoms with Crippen molar-refractivity contribution in [2.75, 3.05) is 5.32 Å². The number of carbonyl (C=O) groups is 1. The molecule has 0 radical (unpaired) electrons. The van der Waals surface area contributed by atoms with Gasteiger partial charge in [-0.05, 0) is 19.1 Å². The Balaban J connectivity index is 2.30. The third-order valence-electron chi connectivity index (χ3n) is 2.23. The molecule has 0 saturated carbocycles. The Hall–Kier alpha value is -1.30. The highest BCUT2D eigenvalue weighted by atomic mass is 35.5. The van der Waals surface area contributed by atoms with Crippen LogP contribution in [0.1, 0.15) is 15.4 Å². The van der Waals surface area contributed by atoms with Gasteiger partial charge in [0.15, 0.2) is 0 Å². The summed E-state index contributed by atoms with van der Waals surface area (Å²) in [4.78, 5) is 25.7. The maximum atomic E-state index is 12.0. The van der Waals surface area contributed by atoms with Gasteiger partial charge in [-0.3, -0.25) is 9.59 Å². The molecule has 2 N–H and O–H groups in total. The molecule has 94 valence electrons. The lowest BCUT2D eigenvalue weighted by Crippen LogP contribution is -2.11. The minimum absolute atomic E-state index is 0.269. The number of nitrogens with one attached hydrogen (secondary N) is 2. The van der Waals surface area contributed by atoms with Gasteiger partial charge >= 0.3 is 4.87 Å². The molecule has 0 atom stereocenters. The van der Waals surface area contributed by atoms with Crippen molar-refractivity contribution >= 4 is 46.1 Å². The van der Waals surface area contributed by atoms with Crippen molar-refractivity contribution in [2.24, 2.45) is 0 Å². The molecule has 0 aliphatic heterocycles. The molecule has 18 heavy (non-hydrogen) atoms. The predicted molar refractivity (Wildman–Crippen MR) is 74.1 cm³/mol. The van der Waals surface area contributed by atoms with Crippen molar-refractivity contribution in [3.05, 3.63) is 48.5 Å². The molecular formula is C11H8Cl2N2O2S. The molecule has 1 aromatic heterocycles. The summed E-state index contributed by atoms with van der Waals surface area (Å²) in [5, 5.41) is 3.24. The summed E-state index contributed by atoms with van der Waals surface area (Å²) >= 11 is 12.7. The average molecular weight is 303 g/mol. The van der Waals surface area contributed by atoms with E-state index in [4.69, 9.17) is 23.2 Å². The van der Waals surface area contributed by atoms with Crippen molar-refractivity contribution < 1.29 is 4.79 Å². The summed E-state index contributed by atoms with van der Waals surface area (Å²) < 4.78 is 0. The van der Waals surface area contributed by atoms with Crippen LogP contribution in [-0.4, -0.2) is 10.9 Å². The predicted octanol–water partition coefficient (Wildman–Crippen LogP) is 3.30. The lowest BCUT2D eigenvalue weighted by Gasteiger charge is -2.07. The molecule has 0 spiro atoms. The second-order valence-corrected chi connectivity index (χ2v) is 5.29. The van der Waals surface area contributed by atoms with Gasteiger partial charge in [0.1, 0.15) is 4.88 Å². The molecule has 1 amide bonds. The number of hydrogen-bond donors (Lipinski definition) is 2. The second kappa shape index (κ2) is 5.14. The fourth-order valence-electron chi connectivity index (χ4n) is 1.40. The minimum Gasteiger partial charge on any atom is -0.320 e. The van der Waals surface area contributed by atoms with Gasteiger partial charge in [-0.1, -0.05) is 40.6 Å². The lowest BCUT2D eigenvalue weighted by molar-refractivity contribution is 0.103. The standard InChI is InChI=1S/C11H8Cl2N2O2S/c1-5-9(18-11(17)14-5)10(16)15-7-4-2-3-6(12)8(7)13/h2-4H,1H3,(H,14,17)(H,15,16).